The SMILES string of the molecule is O=C(Nc1cccc(F)c1)c1ccc2[nH]c(Nc3c(Cl)cccc3Cl)nc2c1. The van der Waals surface area contributed by atoms with Gasteiger partial charge in [-0.15, -0.1) is 0 Å². The zero-order valence-corrected chi connectivity index (χ0v) is 15.8. The lowest BCUT2D eigenvalue weighted by Crippen LogP contribution is -2.11. The quantitative estimate of drug-likeness (QED) is 0.383. The van der Waals surface area contributed by atoms with E-state index in [2.05, 4.69) is 20.6 Å². The number of amides is 1. The van der Waals surface area contributed by atoms with Crippen molar-refractivity contribution in [1.29, 1.82) is 0 Å². The Balaban J connectivity index is 1.58. The normalized spacial score (nSPS) is 10.8. The van der Waals surface area contributed by atoms with Crippen LogP contribution in [0, 0.1) is 5.82 Å². The van der Waals surface area contributed by atoms with Crippen LogP contribution in [0.5, 0.6) is 0 Å². The Kier molecular flexibility index (Phi) is 4.90. The number of hydrogen-bond donors (Lipinski definition) is 3. The third kappa shape index (κ3) is 3.78. The predicted octanol–water partition coefficient (Wildman–Crippen LogP) is 6.00. The summed E-state index contributed by atoms with van der Waals surface area (Å²) >= 11 is 12.3. The standard InChI is InChI=1S/C20H13Cl2FN4O/c21-14-5-2-6-15(22)18(14)27-20-25-16-8-7-11(9-17(16)26-20)19(28)24-13-4-1-3-12(23)10-13/h1-10H,(H,24,28)(H2,25,26,27). The van der Waals surface area contributed by atoms with Crippen LogP contribution in [0.4, 0.5) is 21.7 Å². The van der Waals surface area contributed by atoms with Crippen LogP contribution in [0.1, 0.15) is 10.4 Å². The van der Waals surface area contributed by atoms with Gasteiger partial charge in [0, 0.05) is 11.3 Å². The molecule has 0 fully saturated rings. The maximum Gasteiger partial charge on any atom is 0.255 e. The summed E-state index contributed by atoms with van der Waals surface area (Å²) in [6.45, 7) is 0. The van der Waals surface area contributed by atoms with Crippen LogP contribution in [0.3, 0.4) is 0 Å². The van der Waals surface area contributed by atoms with Crippen LogP contribution in [0.2, 0.25) is 10.0 Å². The molecule has 0 saturated carbocycles. The Morgan fingerprint density at radius 3 is 2.50 bits per heavy atom. The van der Waals surface area contributed by atoms with Crippen molar-refractivity contribution in [2.75, 3.05) is 10.6 Å². The van der Waals surface area contributed by atoms with Crippen LogP contribution < -0.4 is 10.6 Å². The molecule has 8 heteroatoms. The van der Waals surface area contributed by atoms with Gasteiger partial charge >= 0.3 is 0 Å². The van der Waals surface area contributed by atoms with Crippen LogP contribution >= 0.6 is 23.2 Å². The minimum absolute atomic E-state index is 0.362. The smallest absolute Gasteiger partial charge is 0.255 e. The van der Waals surface area contributed by atoms with Crippen molar-refractivity contribution in [3.8, 4) is 0 Å². The van der Waals surface area contributed by atoms with Crippen molar-refractivity contribution in [2.45, 2.75) is 0 Å². The van der Waals surface area contributed by atoms with E-state index < -0.39 is 5.82 Å². The van der Waals surface area contributed by atoms with E-state index in [1.807, 2.05) is 0 Å². The van der Waals surface area contributed by atoms with Gasteiger partial charge < -0.3 is 15.6 Å². The molecule has 0 aliphatic carbocycles. The molecule has 0 spiro atoms. The van der Waals surface area contributed by atoms with Gasteiger partial charge in [-0.1, -0.05) is 35.3 Å². The molecule has 1 amide bonds. The number of imidazole rings is 1. The maximum atomic E-state index is 13.3. The Hall–Kier alpha value is -3.09. The monoisotopic (exact) mass is 414 g/mol. The first-order chi connectivity index (χ1) is 13.5. The Morgan fingerprint density at radius 1 is 1.00 bits per heavy atom. The molecule has 1 heterocycles. The lowest BCUT2D eigenvalue weighted by atomic mass is 10.2. The molecule has 4 aromatic rings. The van der Waals surface area contributed by atoms with E-state index in [9.17, 15) is 9.18 Å². The third-order valence-corrected chi connectivity index (χ3v) is 4.66. The molecule has 0 saturated heterocycles. The number of halogens is 3. The van der Waals surface area contributed by atoms with Gasteiger partial charge in [0.05, 0.1) is 26.8 Å². The third-order valence-electron chi connectivity index (χ3n) is 4.03. The second kappa shape index (κ2) is 7.50. The number of rotatable bonds is 4. The highest BCUT2D eigenvalue weighted by molar-refractivity contribution is 6.39. The minimum Gasteiger partial charge on any atom is -0.324 e. The van der Waals surface area contributed by atoms with Gasteiger partial charge in [-0.25, -0.2) is 9.37 Å². The Labute approximate surface area is 169 Å². The fraction of sp³-hybridized carbons (Fsp3) is 0. The molecule has 28 heavy (non-hydrogen) atoms. The second-order valence-corrected chi connectivity index (χ2v) is 6.82. The van der Waals surface area contributed by atoms with Crippen LogP contribution in [0.25, 0.3) is 11.0 Å². The largest absolute Gasteiger partial charge is 0.324 e. The van der Waals surface area contributed by atoms with Gasteiger partial charge in [-0.3, -0.25) is 4.79 Å². The van der Waals surface area contributed by atoms with Crippen molar-refractivity contribution < 1.29 is 9.18 Å². The Bertz CT molecular complexity index is 1170. The summed E-state index contributed by atoms with van der Waals surface area (Å²) in [5, 5.41) is 6.63. The summed E-state index contributed by atoms with van der Waals surface area (Å²) in [5.74, 6) is -0.346. The van der Waals surface area contributed by atoms with E-state index in [0.29, 0.717) is 38.4 Å². The highest BCUT2D eigenvalue weighted by atomic mass is 35.5. The molecular weight excluding hydrogens is 402 g/mol. The van der Waals surface area contributed by atoms with Crippen LogP contribution in [0.15, 0.2) is 60.7 Å². The number of fused-ring (bicyclic) bond motifs is 1. The van der Waals surface area contributed by atoms with E-state index in [-0.39, 0.29) is 5.91 Å². The van der Waals surface area contributed by atoms with Crippen molar-refractivity contribution in [2.24, 2.45) is 0 Å². The molecule has 3 N–H and O–H groups in total. The second-order valence-electron chi connectivity index (χ2n) is 6.00. The first-order valence-corrected chi connectivity index (χ1v) is 9.03. The van der Waals surface area contributed by atoms with E-state index in [0.717, 1.165) is 5.52 Å². The van der Waals surface area contributed by atoms with Crippen molar-refractivity contribution in [3.05, 3.63) is 82.1 Å². The number of anilines is 3. The highest BCUT2D eigenvalue weighted by Gasteiger charge is 2.12. The summed E-state index contributed by atoms with van der Waals surface area (Å²) in [5.41, 5.74) is 2.62. The molecule has 4 rings (SSSR count). The molecule has 5 nitrogen and oxygen atoms in total. The molecule has 0 aliphatic heterocycles. The number of nitrogens with zero attached hydrogens (tertiary/aromatic N) is 1. The Morgan fingerprint density at radius 2 is 1.75 bits per heavy atom. The maximum absolute atomic E-state index is 13.3. The molecule has 0 bridgehead atoms. The van der Waals surface area contributed by atoms with Gasteiger partial charge in [0.1, 0.15) is 5.82 Å². The van der Waals surface area contributed by atoms with Crippen LogP contribution in [-0.4, -0.2) is 15.9 Å². The summed E-state index contributed by atoms with van der Waals surface area (Å²) in [7, 11) is 0. The van der Waals surface area contributed by atoms with E-state index >= 15 is 0 Å². The van der Waals surface area contributed by atoms with Crippen molar-refractivity contribution >= 4 is 57.5 Å². The van der Waals surface area contributed by atoms with Gasteiger partial charge in [0.2, 0.25) is 5.95 Å². The summed E-state index contributed by atoms with van der Waals surface area (Å²) in [6.07, 6.45) is 0. The zero-order valence-electron chi connectivity index (χ0n) is 14.3. The summed E-state index contributed by atoms with van der Waals surface area (Å²) in [4.78, 5) is 20.0. The number of H-pyrrole nitrogens is 1. The molecule has 0 aliphatic rings. The lowest BCUT2D eigenvalue weighted by molar-refractivity contribution is 0.102. The number of hydrogen-bond acceptors (Lipinski definition) is 3. The average Bonchev–Trinajstić information content (AvgIpc) is 3.06. The number of aromatic nitrogens is 2. The summed E-state index contributed by atoms with van der Waals surface area (Å²) in [6, 6.07) is 15.9. The molecule has 140 valence electrons. The predicted molar refractivity (Wildman–Crippen MR) is 110 cm³/mol. The van der Waals surface area contributed by atoms with Gasteiger partial charge in [0.15, 0.2) is 0 Å². The topological polar surface area (TPSA) is 69.8 Å². The number of carbonyl (C=O) groups excluding carboxylic acids is 1. The van der Waals surface area contributed by atoms with E-state index in [1.165, 1.54) is 18.2 Å². The number of nitrogens with one attached hydrogen (secondary N) is 3. The zero-order chi connectivity index (χ0) is 19.7. The minimum atomic E-state index is -0.422. The van der Waals surface area contributed by atoms with Crippen LogP contribution in [-0.2, 0) is 0 Å². The van der Waals surface area contributed by atoms with Gasteiger partial charge in [-0.2, -0.15) is 0 Å². The number of carbonyl (C=O) groups is 1. The first kappa shape index (κ1) is 18.3. The fourth-order valence-corrected chi connectivity index (χ4v) is 3.20. The molecule has 0 atom stereocenters. The number of para-hydroxylation sites is 1. The highest BCUT2D eigenvalue weighted by Crippen LogP contribution is 2.32. The lowest BCUT2D eigenvalue weighted by Gasteiger charge is -2.06. The average molecular weight is 415 g/mol. The van der Waals surface area contributed by atoms with Crippen molar-refractivity contribution in [3.63, 3.8) is 0 Å². The molecule has 0 radical (unpaired) electrons. The number of benzene rings is 3. The van der Waals surface area contributed by atoms with E-state index in [1.54, 1.807) is 42.5 Å². The van der Waals surface area contributed by atoms with Gasteiger partial charge in [0.25, 0.3) is 5.91 Å². The molecule has 0 unspecified atom stereocenters. The van der Waals surface area contributed by atoms with Gasteiger partial charge in [-0.05, 0) is 48.5 Å². The van der Waals surface area contributed by atoms with E-state index in [4.69, 9.17) is 23.2 Å². The fourth-order valence-electron chi connectivity index (χ4n) is 2.71. The summed E-state index contributed by atoms with van der Waals surface area (Å²) < 4.78 is 13.3. The molecular formula is C20H13Cl2FN4O. The molecule has 3 aromatic carbocycles. The number of aromatic amines is 1. The molecule has 1 aromatic heterocycles. The van der Waals surface area contributed by atoms with Crippen molar-refractivity contribution in [1.82, 2.24) is 9.97 Å². The first-order valence-electron chi connectivity index (χ1n) is 8.27.